The third-order valence-electron chi connectivity index (χ3n) is 7.64. The van der Waals surface area contributed by atoms with Crippen LogP contribution in [0.4, 0.5) is 18.9 Å². The van der Waals surface area contributed by atoms with Gasteiger partial charge < -0.3 is 15.1 Å². The van der Waals surface area contributed by atoms with Crippen molar-refractivity contribution in [2.75, 3.05) is 11.4 Å². The van der Waals surface area contributed by atoms with E-state index in [4.69, 9.17) is 0 Å². The number of nitrogens with zero attached hydrogens (tertiary/aromatic N) is 4. The smallest absolute Gasteiger partial charge is 0.339 e. The lowest BCUT2D eigenvalue weighted by Gasteiger charge is -2.41. The standard InChI is InChI=1S/C28H27F3N4O6S/c29-17-10-21(30)26(22(31)11-17)42(40,41)35-9-8-24(35)27(37)34(19-6-7-20(28(38)39)25(36)12-19)15-18-13-33-23(14-32-18)16-4-2-1-3-5-16/h6-7,10-14,16,24,36H,1-5,8-9,15H2,(H,38,39)/t24-/m1/s1. The minimum absolute atomic E-state index is 0.00445. The Kier molecular flexibility index (Phi) is 8.19. The second-order valence-corrected chi connectivity index (χ2v) is 12.1. The summed E-state index contributed by atoms with van der Waals surface area (Å²) in [5.74, 6) is -7.14. The van der Waals surface area contributed by atoms with Crippen molar-refractivity contribution < 1.29 is 41.4 Å². The van der Waals surface area contributed by atoms with Gasteiger partial charge in [0.1, 0.15) is 34.8 Å². The van der Waals surface area contributed by atoms with Gasteiger partial charge in [0.2, 0.25) is 15.9 Å². The van der Waals surface area contributed by atoms with Crippen molar-refractivity contribution in [2.24, 2.45) is 0 Å². The van der Waals surface area contributed by atoms with Crippen LogP contribution in [0, 0.1) is 17.5 Å². The number of amides is 1. The Labute approximate surface area is 239 Å². The zero-order chi connectivity index (χ0) is 30.2. The van der Waals surface area contributed by atoms with Crippen LogP contribution in [-0.2, 0) is 21.4 Å². The highest BCUT2D eigenvalue weighted by Crippen LogP contribution is 2.35. The lowest BCUT2D eigenvalue weighted by atomic mass is 9.87. The summed E-state index contributed by atoms with van der Waals surface area (Å²) in [5, 5.41) is 19.6. The van der Waals surface area contributed by atoms with Crippen molar-refractivity contribution in [3.8, 4) is 5.75 Å². The predicted octanol–water partition coefficient (Wildman–Crippen LogP) is 4.34. The highest BCUT2D eigenvalue weighted by atomic mass is 32.2. The minimum atomic E-state index is -4.89. The zero-order valence-electron chi connectivity index (χ0n) is 22.2. The summed E-state index contributed by atoms with van der Waals surface area (Å²) in [7, 11) is -4.89. The number of carboxylic acid groups (broad SMARTS) is 1. The largest absolute Gasteiger partial charge is 0.507 e. The fourth-order valence-corrected chi connectivity index (χ4v) is 7.07. The van der Waals surface area contributed by atoms with E-state index in [2.05, 4.69) is 9.97 Å². The molecule has 1 amide bonds. The third kappa shape index (κ3) is 5.68. The van der Waals surface area contributed by atoms with Crippen LogP contribution in [-0.4, -0.2) is 57.4 Å². The van der Waals surface area contributed by atoms with Crippen molar-refractivity contribution in [2.45, 2.75) is 61.9 Å². The number of benzene rings is 2. The van der Waals surface area contributed by atoms with Crippen LogP contribution in [0.2, 0.25) is 0 Å². The van der Waals surface area contributed by atoms with E-state index in [0.717, 1.165) is 48.4 Å². The van der Waals surface area contributed by atoms with Crippen molar-refractivity contribution in [1.29, 1.82) is 0 Å². The van der Waals surface area contributed by atoms with E-state index in [0.29, 0.717) is 10.00 Å². The molecule has 1 aromatic heterocycles. The molecule has 2 N–H and O–H groups in total. The number of sulfonamides is 1. The summed E-state index contributed by atoms with van der Waals surface area (Å²) in [4.78, 5) is 33.9. The number of hydrogen-bond acceptors (Lipinski definition) is 7. The number of aromatic nitrogens is 2. The number of carbonyl (C=O) groups excluding carboxylic acids is 1. The Bertz CT molecular complexity index is 1610. The molecular formula is C28H27F3N4O6S. The number of phenols is 1. The lowest BCUT2D eigenvalue weighted by Crippen LogP contribution is -2.59. The van der Waals surface area contributed by atoms with Crippen LogP contribution < -0.4 is 4.90 Å². The first-order valence-corrected chi connectivity index (χ1v) is 14.8. The second-order valence-electron chi connectivity index (χ2n) is 10.3. The molecule has 42 heavy (non-hydrogen) atoms. The zero-order valence-corrected chi connectivity index (χ0v) is 23.0. The SMILES string of the molecule is O=C(O)c1ccc(N(Cc2cnc(C3CCCCC3)cn2)C(=O)[C@H]2CCN2S(=O)(=O)c2c(F)cc(F)cc2F)cc1O. The van der Waals surface area contributed by atoms with Gasteiger partial charge in [0.15, 0.2) is 4.90 Å². The Morgan fingerprint density at radius 2 is 1.67 bits per heavy atom. The van der Waals surface area contributed by atoms with Gasteiger partial charge in [0, 0.05) is 42.5 Å². The molecule has 1 aliphatic heterocycles. The van der Waals surface area contributed by atoms with Gasteiger partial charge in [-0.1, -0.05) is 19.3 Å². The summed E-state index contributed by atoms with van der Waals surface area (Å²) >= 11 is 0. The fraction of sp³-hybridized carbons (Fsp3) is 0.357. The Morgan fingerprint density at radius 3 is 2.21 bits per heavy atom. The molecule has 0 spiro atoms. The minimum Gasteiger partial charge on any atom is -0.507 e. The topological polar surface area (TPSA) is 141 Å². The molecule has 14 heteroatoms. The Balaban J connectivity index is 1.46. The number of aromatic carboxylic acids is 1. The van der Waals surface area contributed by atoms with Crippen LogP contribution in [0.3, 0.4) is 0 Å². The monoisotopic (exact) mass is 604 g/mol. The maximum Gasteiger partial charge on any atom is 0.339 e. The quantitative estimate of drug-likeness (QED) is 0.387. The number of carboxylic acids is 1. The molecule has 1 saturated heterocycles. The van der Waals surface area contributed by atoms with Crippen LogP contribution in [0.25, 0.3) is 0 Å². The van der Waals surface area contributed by atoms with Gasteiger partial charge >= 0.3 is 5.97 Å². The second kappa shape index (κ2) is 11.7. The summed E-state index contributed by atoms with van der Waals surface area (Å²) in [6.07, 6.45) is 8.47. The molecule has 1 aliphatic carbocycles. The maximum atomic E-state index is 14.4. The number of hydrogen-bond donors (Lipinski definition) is 2. The van der Waals surface area contributed by atoms with Crippen molar-refractivity contribution in [3.05, 3.63) is 77.1 Å². The average Bonchev–Trinajstić information content (AvgIpc) is 2.90. The van der Waals surface area contributed by atoms with Gasteiger partial charge in [0.05, 0.1) is 24.1 Å². The molecular weight excluding hydrogens is 577 g/mol. The average molecular weight is 605 g/mol. The third-order valence-corrected chi connectivity index (χ3v) is 9.60. The van der Waals surface area contributed by atoms with Gasteiger partial charge in [-0.05, 0) is 31.4 Å². The Morgan fingerprint density at radius 1 is 0.976 bits per heavy atom. The summed E-state index contributed by atoms with van der Waals surface area (Å²) < 4.78 is 69.2. The van der Waals surface area contributed by atoms with E-state index in [1.54, 1.807) is 6.20 Å². The van der Waals surface area contributed by atoms with E-state index in [-0.39, 0.29) is 43.2 Å². The molecule has 2 heterocycles. The molecule has 5 rings (SSSR count). The summed E-state index contributed by atoms with van der Waals surface area (Å²) in [5.41, 5.74) is 0.760. The van der Waals surface area contributed by atoms with E-state index in [1.165, 1.54) is 18.7 Å². The summed E-state index contributed by atoms with van der Waals surface area (Å²) in [6, 6.07) is 2.48. The molecule has 222 valence electrons. The molecule has 2 fully saturated rings. The first-order valence-electron chi connectivity index (χ1n) is 13.3. The van der Waals surface area contributed by atoms with Gasteiger partial charge in [0.25, 0.3) is 0 Å². The molecule has 0 bridgehead atoms. The predicted molar refractivity (Wildman–Crippen MR) is 143 cm³/mol. The Hall–Kier alpha value is -4.04. The van der Waals surface area contributed by atoms with E-state index in [1.807, 2.05) is 0 Å². The van der Waals surface area contributed by atoms with Gasteiger partial charge in [-0.3, -0.25) is 14.8 Å². The molecule has 10 nitrogen and oxygen atoms in total. The maximum absolute atomic E-state index is 14.4. The van der Waals surface area contributed by atoms with E-state index in [9.17, 15) is 41.4 Å². The molecule has 1 saturated carbocycles. The first-order chi connectivity index (χ1) is 20.0. The number of aromatic hydroxyl groups is 1. The fourth-order valence-electron chi connectivity index (χ4n) is 5.35. The van der Waals surface area contributed by atoms with Gasteiger partial charge in [-0.2, -0.15) is 4.31 Å². The number of halogens is 3. The van der Waals surface area contributed by atoms with E-state index >= 15 is 0 Å². The van der Waals surface area contributed by atoms with Crippen molar-refractivity contribution in [3.63, 3.8) is 0 Å². The molecule has 3 aromatic rings. The molecule has 0 radical (unpaired) electrons. The highest BCUT2D eigenvalue weighted by molar-refractivity contribution is 7.89. The highest BCUT2D eigenvalue weighted by Gasteiger charge is 2.46. The number of rotatable bonds is 8. The van der Waals surface area contributed by atoms with Crippen LogP contribution in [0.5, 0.6) is 5.75 Å². The normalized spacial score (nSPS) is 17.9. The summed E-state index contributed by atoms with van der Waals surface area (Å²) in [6.45, 7) is -0.464. The van der Waals surface area contributed by atoms with Crippen molar-refractivity contribution in [1.82, 2.24) is 14.3 Å². The van der Waals surface area contributed by atoms with Crippen LogP contribution in [0.15, 0.2) is 47.6 Å². The van der Waals surface area contributed by atoms with E-state index < -0.39 is 61.6 Å². The lowest BCUT2D eigenvalue weighted by molar-refractivity contribution is -0.125. The van der Waals surface area contributed by atoms with Crippen molar-refractivity contribution >= 4 is 27.6 Å². The molecule has 0 unspecified atom stereocenters. The first kappa shape index (κ1) is 29.5. The van der Waals surface area contributed by atoms with Crippen LogP contribution >= 0.6 is 0 Å². The number of anilines is 1. The molecule has 2 aliphatic rings. The van der Waals surface area contributed by atoms with Crippen LogP contribution in [0.1, 0.15) is 66.2 Å². The number of carbonyl (C=O) groups is 2. The van der Waals surface area contributed by atoms with Gasteiger partial charge in [-0.25, -0.2) is 26.4 Å². The molecule has 2 aromatic carbocycles. The van der Waals surface area contributed by atoms with Gasteiger partial charge in [-0.15, -0.1) is 0 Å². The molecule has 1 atom stereocenters.